The van der Waals surface area contributed by atoms with Crippen molar-refractivity contribution in [2.75, 3.05) is 0 Å². The molecule has 0 saturated heterocycles. The Kier molecular flexibility index (Phi) is 6.69. The molecule has 0 aromatic carbocycles. The highest BCUT2D eigenvalue weighted by molar-refractivity contribution is 6.69. The van der Waals surface area contributed by atoms with Gasteiger partial charge in [0.05, 0.1) is 0 Å². The average molecular weight is 202 g/mol. The van der Waals surface area contributed by atoms with E-state index < -0.39 is 8.32 Å². The Labute approximate surface area is 85.0 Å². The average Bonchev–Trinajstić information content (AvgIpc) is 1.94. The van der Waals surface area contributed by atoms with Crippen molar-refractivity contribution in [2.45, 2.75) is 71.7 Å². The number of rotatable bonds is 7. The Hall–Kier alpha value is 0.177. The van der Waals surface area contributed by atoms with Gasteiger partial charge in [-0.3, -0.25) is 0 Å². The lowest BCUT2D eigenvalue weighted by Crippen LogP contribution is -2.30. The predicted molar refractivity (Wildman–Crippen MR) is 62.7 cm³/mol. The summed E-state index contributed by atoms with van der Waals surface area (Å²) in [4.78, 5) is 0. The maximum atomic E-state index is 5.96. The van der Waals surface area contributed by atoms with Crippen LogP contribution in [-0.2, 0) is 4.43 Å². The smallest absolute Gasteiger partial charge is 0.184 e. The lowest BCUT2D eigenvalue weighted by Gasteiger charge is -2.23. The van der Waals surface area contributed by atoms with E-state index in [4.69, 9.17) is 4.43 Å². The van der Waals surface area contributed by atoms with Crippen molar-refractivity contribution in [3.63, 3.8) is 0 Å². The van der Waals surface area contributed by atoms with Crippen LogP contribution in [0, 0.1) is 0 Å². The first-order valence-corrected chi connectivity index (χ1v) is 9.04. The molecule has 0 N–H and O–H groups in total. The molecule has 0 fully saturated rings. The van der Waals surface area contributed by atoms with Crippen LogP contribution in [-0.4, -0.2) is 14.4 Å². The molecule has 80 valence electrons. The first-order valence-electron chi connectivity index (χ1n) is 5.63. The van der Waals surface area contributed by atoms with Gasteiger partial charge in [0, 0.05) is 6.10 Å². The van der Waals surface area contributed by atoms with Crippen LogP contribution in [0.4, 0.5) is 0 Å². The van der Waals surface area contributed by atoms with Crippen LogP contribution >= 0.6 is 0 Å². The molecule has 13 heavy (non-hydrogen) atoms. The van der Waals surface area contributed by atoms with Crippen LogP contribution in [0.1, 0.15) is 46.0 Å². The molecule has 0 aliphatic carbocycles. The van der Waals surface area contributed by atoms with Crippen LogP contribution in [0.3, 0.4) is 0 Å². The summed E-state index contributed by atoms with van der Waals surface area (Å²) in [5.74, 6) is 0. The molecule has 0 aliphatic heterocycles. The number of hydrogen-bond acceptors (Lipinski definition) is 1. The van der Waals surface area contributed by atoms with E-state index in [1.807, 2.05) is 0 Å². The minimum atomic E-state index is -1.29. The van der Waals surface area contributed by atoms with Crippen molar-refractivity contribution in [3.05, 3.63) is 0 Å². The summed E-state index contributed by atoms with van der Waals surface area (Å²) in [6, 6.07) is 0. The van der Waals surface area contributed by atoms with E-state index in [9.17, 15) is 0 Å². The molecule has 0 rings (SSSR count). The van der Waals surface area contributed by atoms with Crippen molar-refractivity contribution in [2.24, 2.45) is 0 Å². The third kappa shape index (κ3) is 10.1. The van der Waals surface area contributed by atoms with Gasteiger partial charge in [-0.25, -0.2) is 0 Å². The van der Waals surface area contributed by atoms with Crippen molar-refractivity contribution in [1.82, 2.24) is 0 Å². The van der Waals surface area contributed by atoms with Gasteiger partial charge in [0.1, 0.15) is 0 Å². The maximum absolute atomic E-state index is 5.96. The quantitative estimate of drug-likeness (QED) is 0.444. The Morgan fingerprint density at radius 2 is 1.69 bits per heavy atom. The Bertz CT molecular complexity index is 118. The van der Waals surface area contributed by atoms with Gasteiger partial charge < -0.3 is 4.43 Å². The third-order valence-electron chi connectivity index (χ3n) is 2.02. The molecule has 0 aromatic rings. The molecule has 1 atom stereocenters. The molecule has 0 aliphatic rings. The number of unbranched alkanes of at least 4 members (excludes halogenated alkanes) is 3. The molecule has 0 amide bonds. The van der Waals surface area contributed by atoms with E-state index in [1.165, 1.54) is 32.1 Å². The fourth-order valence-electron chi connectivity index (χ4n) is 1.52. The van der Waals surface area contributed by atoms with Gasteiger partial charge in [-0.2, -0.15) is 0 Å². The van der Waals surface area contributed by atoms with E-state index in [0.29, 0.717) is 6.10 Å². The largest absolute Gasteiger partial charge is 0.415 e. The fourth-order valence-corrected chi connectivity index (χ4v) is 2.85. The summed E-state index contributed by atoms with van der Waals surface area (Å²) in [6.45, 7) is 11.2. The zero-order valence-electron chi connectivity index (χ0n) is 10.0. The molecule has 0 aromatic heterocycles. The van der Waals surface area contributed by atoms with Crippen LogP contribution in [0.2, 0.25) is 19.6 Å². The Balaban J connectivity index is 3.35. The highest BCUT2D eigenvalue weighted by Crippen LogP contribution is 2.13. The normalized spacial score (nSPS) is 14.5. The van der Waals surface area contributed by atoms with Crippen molar-refractivity contribution >= 4 is 8.32 Å². The second kappa shape index (κ2) is 6.60. The zero-order valence-corrected chi connectivity index (χ0v) is 11.0. The van der Waals surface area contributed by atoms with E-state index >= 15 is 0 Å². The lowest BCUT2D eigenvalue weighted by atomic mass is 10.1. The molecular weight excluding hydrogens is 176 g/mol. The maximum Gasteiger partial charge on any atom is 0.184 e. The van der Waals surface area contributed by atoms with Gasteiger partial charge in [0.2, 0.25) is 0 Å². The standard InChI is InChI=1S/C11H26OSi/c1-6-7-8-9-10-11(2)12-13(3,4)5/h11H,6-10H2,1-5H3. The molecule has 0 radical (unpaired) electrons. The van der Waals surface area contributed by atoms with E-state index in [2.05, 4.69) is 33.5 Å². The van der Waals surface area contributed by atoms with E-state index in [-0.39, 0.29) is 0 Å². The highest BCUT2D eigenvalue weighted by atomic mass is 28.4. The topological polar surface area (TPSA) is 9.23 Å². The molecule has 2 heteroatoms. The van der Waals surface area contributed by atoms with Gasteiger partial charge in [0.15, 0.2) is 8.32 Å². The summed E-state index contributed by atoms with van der Waals surface area (Å²) in [5, 5.41) is 0. The van der Waals surface area contributed by atoms with Gasteiger partial charge in [-0.15, -0.1) is 0 Å². The fraction of sp³-hybridized carbons (Fsp3) is 1.00. The molecule has 0 bridgehead atoms. The van der Waals surface area contributed by atoms with Gasteiger partial charge in [-0.1, -0.05) is 32.6 Å². The lowest BCUT2D eigenvalue weighted by molar-refractivity contribution is 0.199. The van der Waals surface area contributed by atoms with Crippen LogP contribution in [0.15, 0.2) is 0 Å². The predicted octanol–water partition coefficient (Wildman–Crippen LogP) is 4.20. The second-order valence-electron chi connectivity index (χ2n) is 4.89. The number of hydrogen-bond donors (Lipinski definition) is 0. The Morgan fingerprint density at radius 1 is 1.08 bits per heavy atom. The van der Waals surface area contributed by atoms with E-state index in [0.717, 1.165) is 0 Å². The monoisotopic (exact) mass is 202 g/mol. The molecule has 0 spiro atoms. The van der Waals surface area contributed by atoms with E-state index in [1.54, 1.807) is 0 Å². The second-order valence-corrected chi connectivity index (χ2v) is 9.35. The minimum Gasteiger partial charge on any atom is -0.415 e. The van der Waals surface area contributed by atoms with Crippen LogP contribution in [0.5, 0.6) is 0 Å². The molecule has 1 nitrogen and oxygen atoms in total. The molecule has 0 heterocycles. The zero-order chi connectivity index (χ0) is 10.3. The third-order valence-corrected chi connectivity index (χ3v) is 3.13. The molecule has 0 saturated carbocycles. The first-order chi connectivity index (χ1) is 5.95. The van der Waals surface area contributed by atoms with Gasteiger partial charge in [0.25, 0.3) is 0 Å². The van der Waals surface area contributed by atoms with Gasteiger partial charge >= 0.3 is 0 Å². The molecule has 1 unspecified atom stereocenters. The van der Waals surface area contributed by atoms with Crippen LogP contribution in [0.25, 0.3) is 0 Å². The highest BCUT2D eigenvalue weighted by Gasteiger charge is 2.17. The van der Waals surface area contributed by atoms with Crippen molar-refractivity contribution in [3.8, 4) is 0 Å². The summed E-state index contributed by atoms with van der Waals surface area (Å²) in [5.41, 5.74) is 0. The minimum absolute atomic E-state index is 0.475. The Morgan fingerprint density at radius 3 is 2.15 bits per heavy atom. The molecular formula is C11H26OSi. The van der Waals surface area contributed by atoms with Crippen molar-refractivity contribution in [1.29, 1.82) is 0 Å². The summed E-state index contributed by atoms with van der Waals surface area (Å²) in [6.07, 6.45) is 7.12. The summed E-state index contributed by atoms with van der Waals surface area (Å²) < 4.78 is 5.96. The van der Waals surface area contributed by atoms with Crippen molar-refractivity contribution < 1.29 is 4.43 Å². The van der Waals surface area contributed by atoms with Crippen LogP contribution < -0.4 is 0 Å². The van der Waals surface area contributed by atoms with Gasteiger partial charge in [-0.05, 0) is 33.0 Å². The summed E-state index contributed by atoms with van der Waals surface area (Å²) >= 11 is 0. The SMILES string of the molecule is CCCCCCC(C)O[Si](C)(C)C. The first kappa shape index (κ1) is 13.2. The summed E-state index contributed by atoms with van der Waals surface area (Å²) in [7, 11) is -1.29.